The van der Waals surface area contributed by atoms with Crippen molar-refractivity contribution in [2.45, 2.75) is 6.92 Å². The molecule has 3 aromatic rings. The van der Waals surface area contributed by atoms with E-state index in [9.17, 15) is 10.1 Å². The number of nitrogens with one attached hydrogen (secondary N) is 1. The number of hydrogen-bond donors (Lipinski definition) is 1. The predicted molar refractivity (Wildman–Crippen MR) is 72.8 cm³/mol. The van der Waals surface area contributed by atoms with Gasteiger partial charge in [0.05, 0.1) is 11.5 Å². The highest BCUT2D eigenvalue weighted by Crippen LogP contribution is 2.31. The van der Waals surface area contributed by atoms with Crippen LogP contribution in [0.15, 0.2) is 16.5 Å². The second kappa shape index (κ2) is 4.23. The van der Waals surface area contributed by atoms with Crippen LogP contribution in [0.25, 0.3) is 22.5 Å². The lowest BCUT2D eigenvalue weighted by atomic mass is 10.2. The second-order valence-electron chi connectivity index (χ2n) is 4.23. The number of nitro groups is 1. The maximum atomic E-state index is 10.7. The normalized spacial score (nSPS) is 11.1. The predicted octanol–water partition coefficient (Wildman–Crippen LogP) is 2.50. The fraction of sp³-hybridized carbons (Fsp3) is 0.182. The number of fused-ring (bicyclic) bond motifs is 1. The van der Waals surface area contributed by atoms with Crippen LogP contribution >= 0.6 is 12.2 Å². The molecular formula is C11H9N5O3S. The van der Waals surface area contributed by atoms with Crippen LogP contribution in [0.3, 0.4) is 0 Å². The van der Waals surface area contributed by atoms with Gasteiger partial charge in [0.25, 0.3) is 0 Å². The van der Waals surface area contributed by atoms with Gasteiger partial charge in [-0.3, -0.25) is 10.1 Å². The summed E-state index contributed by atoms with van der Waals surface area (Å²) in [7, 11) is 1.73. The SMILES string of the molecule is Cc1[nH]c(=S)nc2c1c(-c1ccc([N+](=O)[O-])o1)nn2C. The van der Waals surface area contributed by atoms with Crippen LogP contribution in [0.2, 0.25) is 0 Å². The number of aryl methyl sites for hydroxylation is 2. The smallest absolute Gasteiger partial charge is 0.399 e. The quantitative estimate of drug-likeness (QED) is 0.442. The Morgan fingerprint density at radius 3 is 2.90 bits per heavy atom. The lowest BCUT2D eigenvalue weighted by Gasteiger charge is -1.97. The van der Waals surface area contributed by atoms with E-state index in [1.165, 1.54) is 12.1 Å². The summed E-state index contributed by atoms with van der Waals surface area (Å²) in [4.78, 5) is 17.2. The summed E-state index contributed by atoms with van der Waals surface area (Å²) in [6.07, 6.45) is 0. The standard InChI is InChI=1S/C11H9N5O3S/c1-5-8-9(6-3-4-7(19-6)16(17)18)14-15(2)10(8)13-11(20)12-5/h3-4H,1-2H3,(H,12,13,20). The van der Waals surface area contributed by atoms with Crippen molar-refractivity contribution in [2.24, 2.45) is 7.05 Å². The van der Waals surface area contributed by atoms with E-state index in [1.807, 2.05) is 6.92 Å². The second-order valence-corrected chi connectivity index (χ2v) is 4.62. The van der Waals surface area contributed by atoms with Crippen molar-refractivity contribution >= 4 is 29.1 Å². The molecule has 3 aromatic heterocycles. The molecule has 0 spiro atoms. The average Bonchev–Trinajstić information content (AvgIpc) is 2.95. The van der Waals surface area contributed by atoms with Crippen LogP contribution in [0.4, 0.5) is 5.88 Å². The van der Waals surface area contributed by atoms with Crippen molar-refractivity contribution in [1.29, 1.82) is 0 Å². The first-order valence-electron chi connectivity index (χ1n) is 5.65. The van der Waals surface area contributed by atoms with Crippen LogP contribution in [-0.4, -0.2) is 24.7 Å². The summed E-state index contributed by atoms with van der Waals surface area (Å²) in [5, 5.41) is 15.7. The van der Waals surface area contributed by atoms with E-state index in [1.54, 1.807) is 11.7 Å². The third kappa shape index (κ3) is 1.79. The van der Waals surface area contributed by atoms with E-state index in [0.717, 1.165) is 11.1 Å². The third-order valence-corrected chi connectivity index (χ3v) is 3.09. The molecule has 1 N–H and O–H groups in total. The molecule has 0 fully saturated rings. The van der Waals surface area contributed by atoms with Gasteiger partial charge in [-0.1, -0.05) is 0 Å². The Balaban J connectivity index is 2.31. The molecule has 0 saturated carbocycles. The van der Waals surface area contributed by atoms with Crippen LogP contribution < -0.4 is 0 Å². The molecule has 3 rings (SSSR count). The van der Waals surface area contributed by atoms with Gasteiger partial charge in [0.15, 0.2) is 16.2 Å². The monoisotopic (exact) mass is 291 g/mol. The molecule has 0 aliphatic rings. The van der Waals surface area contributed by atoms with E-state index in [-0.39, 0.29) is 5.88 Å². The van der Waals surface area contributed by atoms with Crippen molar-refractivity contribution in [1.82, 2.24) is 19.7 Å². The van der Waals surface area contributed by atoms with Crippen molar-refractivity contribution in [3.8, 4) is 11.5 Å². The molecule has 0 radical (unpaired) electrons. The molecule has 0 bridgehead atoms. The highest BCUT2D eigenvalue weighted by molar-refractivity contribution is 7.71. The van der Waals surface area contributed by atoms with Crippen molar-refractivity contribution in [3.05, 3.63) is 32.7 Å². The van der Waals surface area contributed by atoms with E-state index >= 15 is 0 Å². The molecule has 102 valence electrons. The van der Waals surface area contributed by atoms with Gasteiger partial charge in [0.2, 0.25) is 0 Å². The van der Waals surface area contributed by atoms with E-state index < -0.39 is 4.92 Å². The van der Waals surface area contributed by atoms with Crippen LogP contribution in [0.5, 0.6) is 0 Å². The van der Waals surface area contributed by atoms with E-state index in [4.69, 9.17) is 16.6 Å². The molecule has 0 amide bonds. The minimum absolute atomic E-state index is 0.317. The summed E-state index contributed by atoms with van der Waals surface area (Å²) in [6.45, 7) is 1.84. The summed E-state index contributed by atoms with van der Waals surface area (Å²) >= 11 is 5.03. The first-order valence-corrected chi connectivity index (χ1v) is 6.06. The summed E-state index contributed by atoms with van der Waals surface area (Å²) in [6, 6.07) is 2.81. The highest BCUT2D eigenvalue weighted by Gasteiger charge is 2.20. The van der Waals surface area contributed by atoms with Crippen molar-refractivity contribution in [3.63, 3.8) is 0 Å². The Bertz CT molecular complexity index is 891. The molecule has 0 atom stereocenters. The zero-order valence-electron chi connectivity index (χ0n) is 10.6. The fourth-order valence-corrected chi connectivity index (χ4v) is 2.30. The van der Waals surface area contributed by atoms with E-state index in [2.05, 4.69) is 15.1 Å². The molecule has 3 heterocycles. The zero-order valence-corrected chi connectivity index (χ0v) is 11.4. The molecule has 0 unspecified atom stereocenters. The van der Waals surface area contributed by atoms with Gasteiger partial charge in [-0.05, 0) is 25.2 Å². The number of nitrogens with zero attached hydrogens (tertiary/aromatic N) is 4. The molecule has 0 aliphatic heterocycles. The van der Waals surface area contributed by atoms with E-state index in [0.29, 0.717) is 21.9 Å². The Kier molecular flexibility index (Phi) is 2.64. The molecule has 0 aromatic carbocycles. The van der Waals surface area contributed by atoms with Crippen LogP contribution in [0.1, 0.15) is 5.69 Å². The molecular weight excluding hydrogens is 282 g/mol. The Hall–Kier alpha value is -2.55. The fourth-order valence-electron chi connectivity index (χ4n) is 2.06. The van der Waals surface area contributed by atoms with Gasteiger partial charge in [-0.25, -0.2) is 9.67 Å². The number of aromatic amines is 1. The van der Waals surface area contributed by atoms with Crippen LogP contribution in [0, 0.1) is 21.8 Å². The molecule has 20 heavy (non-hydrogen) atoms. The number of aromatic nitrogens is 4. The van der Waals surface area contributed by atoms with Crippen molar-refractivity contribution in [2.75, 3.05) is 0 Å². The van der Waals surface area contributed by atoms with Gasteiger partial charge in [-0.2, -0.15) is 5.10 Å². The number of H-pyrrole nitrogens is 1. The first-order chi connectivity index (χ1) is 9.47. The lowest BCUT2D eigenvalue weighted by Crippen LogP contribution is -1.94. The minimum Gasteiger partial charge on any atom is -0.399 e. The summed E-state index contributed by atoms with van der Waals surface area (Å²) < 4.78 is 7.12. The van der Waals surface area contributed by atoms with Gasteiger partial charge in [-0.15, -0.1) is 0 Å². The van der Waals surface area contributed by atoms with Crippen molar-refractivity contribution < 1.29 is 9.34 Å². The van der Waals surface area contributed by atoms with Gasteiger partial charge < -0.3 is 9.40 Å². The zero-order chi connectivity index (χ0) is 14.4. The third-order valence-electron chi connectivity index (χ3n) is 2.90. The molecule has 0 saturated heterocycles. The van der Waals surface area contributed by atoms with Crippen LogP contribution in [-0.2, 0) is 7.05 Å². The maximum absolute atomic E-state index is 10.7. The Morgan fingerprint density at radius 1 is 1.50 bits per heavy atom. The average molecular weight is 291 g/mol. The largest absolute Gasteiger partial charge is 0.433 e. The number of rotatable bonds is 2. The van der Waals surface area contributed by atoms with Gasteiger partial charge in [0.1, 0.15) is 10.6 Å². The van der Waals surface area contributed by atoms with Gasteiger partial charge in [0, 0.05) is 12.7 Å². The summed E-state index contributed by atoms with van der Waals surface area (Å²) in [5.41, 5.74) is 1.87. The summed E-state index contributed by atoms with van der Waals surface area (Å²) in [5.74, 6) is -0.00833. The molecule has 0 aliphatic carbocycles. The minimum atomic E-state index is -0.590. The molecule has 9 heteroatoms. The van der Waals surface area contributed by atoms with Gasteiger partial charge >= 0.3 is 5.88 Å². The Labute approximate surface area is 117 Å². The topological polar surface area (TPSA) is 103 Å². The maximum Gasteiger partial charge on any atom is 0.433 e. The molecule has 8 nitrogen and oxygen atoms in total. The highest BCUT2D eigenvalue weighted by atomic mass is 32.1. The number of furan rings is 1. The Morgan fingerprint density at radius 2 is 2.25 bits per heavy atom. The lowest BCUT2D eigenvalue weighted by molar-refractivity contribution is -0.401. The number of hydrogen-bond acceptors (Lipinski definition) is 6. The first kappa shape index (κ1) is 12.5.